The van der Waals surface area contributed by atoms with Gasteiger partial charge in [-0.3, -0.25) is 9.89 Å². The van der Waals surface area contributed by atoms with Crippen molar-refractivity contribution in [1.29, 1.82) is 0 Å². The van der Waals surface area contributed by atoms with Crippen LogP contribution < -0.4 is 15.4 Å². The van der Waals surface area contributed by atoms with Crippen LogP contribution >= 0.6 is 0 Å². The van der Waals surface area contributed by atoms with E-state index < -0.39 is 10.0 Å². The van der Waals surface area contributed by atoms with E-state index in [1.54, 1.807) is 19.2 Å². The van der Waals surface area contributed by atoms with E-state index in [9.17, 15) is 8.42 Å². The number of sulfonamides is 1. The first-order valence-electron chi connectivity index (χ1n) is 10.8. The molecule has 29 heavy (non-hydrogen) atoms. The van der Waals surface area contributed by atoms with Crippen LogP contribution in [0, 0.1) is 0 Å². The smallest absolute Gasteiger partial charge is 0.240 e. The molecule has 3 rings (SSSR count). The number of hydrogen-bond acceptors (Lipinski definition) is 4. The number of guanidine groups is 1. The second-order valence-electron chi connectivity index (χ2n) is 7.99. The summed E-state index contributed by atoms with van der Waals surface area (Å²) in [6.07, 6.45) is 7.04. The third-order valence-electron chi connectivity index (χ3n) is 5.73. The summed E-state index contributed by atoms with van der Waals surface area (Å²) in [7, 11) is -1.62. The maximum absolute atomic E-state index is 12.2. The van der Waals surface area contributed by atoms with Gasteiger partial charge in [0, 0.05) is 38.8 Å². The Labute approximate surface area is 175 Å². The van der Waals surface area contributed by atoms with Crippen LogP contribution in [0.15, 0.2) is 34.2 Å². The Balaban J connectivity index is 1.43. The molecule has 1 saturated carbocycles. The molecule has 0 bridgehead atoms. The Morgan fingerprint density at radius 2 is 1.90 bits per heavy atom. The minimum Gasteiger partial charge on any atom is -0.355 e. The van der Waals surface area contributed by atoms with Gasteiger partial charge in [-0.1, -0.05) is 25.5 Å². The Hall–Kier alpha value is -1.64. The van der Waals surface area contributed by atoms with Gasteiger partial charge in [0.15, 0.2) is 5.96 Å². The number of rotatable bonds is 9. The highest BCUT2D eigenvalue weighted by molar-refractivity contribution is 7.89. The fourth-order valence-electron chi connectivity index (χ4n) is 3.82. The summed E-state index contributed by atoms with van der Waals surface area (Å²) < 4.78 is 27.2. The number of aliphatic imine (C=N–C) groups is 1. The Bertz CT molecular complexity index is 775. The van der Waals surface area contributed by atoms with Crippen molar-refractivity contribution in [1.82, 2.24) is 20.3 Å². The lowest BCUT2D eigenvalue weighted by molar-refractivity contribution is 0.147. The standard InChI is InChI=1S/C21H35N5O2S/c1-3-19-6-4-5-14-26(19)15-13-23-21(22-2)24-16-17-7-11-20(12-8-17)29(27,28)25-18-9-10-18/h7-8,11-12,18-19,25H,3-6,9-10,13-16H2,1-2H3,(H2,22,23,24). The van der Waals surface area contributed by atoms with Gasteiger partial charge in [0.05, 0.1) is 4.90 Å². The number of likely N-dealkylation sites (tertiary alicyclic amines) is 1. The predicted molar refractivity (Wildman–Crippen MR) is 117 cm³/mol. The van der Waals surface area contributed by atoms with Crippen LogP contribution in [0.2, 0.25) is 0 Å². The van der Waals surface area contributed by atoms with Crippen LogP contribution in [0.3, 0.4) is 0 Å². The molecular weight excluding hydrogens is 386 g/mol. The summed E-state index contributed by atoms with van der Waals surface area (Å²) >= 11 is 0. The number of benzene rings is 1. The van der Waals surface area contributed by atoms with E-state index in [0.717, 1.165) is 37.5 Å². The number of piperidine rings is 1. The quantitative estimate of drug-likeness (QED) is 0.420. The zero-order valence-electron chi connectivity index (χ0n) is 17.7. The molecule has 1 heterocycles. The van der Waals surface area contributed by atoms with E-state index in [1.807, 2.05) is 12.1 Å². The summed E-state index contributed by atoms with van der Waals surface area (Å²) in [5, 5.41) is 6.69. The summed E-state index contributed by atoms with van der Waals surface area (Å²) in [6, 6.07) is 7.86. The number of nitrogens with zero attached hydrogens (tertiary/aromatic N) is 2. The Morgan fingerprint density at radius 3 is 2.55 bits per heavy atom. The molecule has 0 amide bonds. The van der Waals surface area contributed by atoms with E-state index >= 15 is 0 Å². The maximum atomic E-state index is 12.2. The molecule has 1 aromatic rings. The van der Waals surface area contributed by atoms with Gasteiger partial charge in [-0.15, -0.1) is 0 Å². The van der Waals surface area contributed by atoms with Gasteiger partial charge in [-0.2, -0.15) is 0 Å². The molecule has 1 unspecified atom stereocenters. The van der Waals surface area contributed by atoms with Crippen LogP contribution in [-0.4, -0.2) is 58.0 Å². The van der Waals surface area contributed by atoms with Gasteiger partial charge < -0.3 is 10.6 Å². The molecule has 0 aromatic heterocycles. The van der Waals surface area contributed by atoms with Crippen molar-refractivity contribution < 1.29 is 8.42 Å². The first-order valence-corrected chi connectivity index (χ1v) is 12.3. The minimum atomic E-state index is -3.39. The van der Waals surface area contributed by atoms with Crippen LogP contribution in [0.1, 0.15) is 51.0 Å². The van der Waals surface area contributed by atoms with Crippen molar-refractivity contribution in [3.8, 4) is 0 Å². The summed E-state index contributed by atoms with van der Waals surface area (Å²) in [5.41, 5.74) is 1.01. The fraction of sp³-hybridized carbons (Fsp3) is 0.667. The molecule has 7 nitrogen and oxygen atoms in total. The lowest BCUT2D eigenvalue weighted by Gasteiger charge is -2.35. The second-order valence-corrected chi connectivity index (χ2v) is 9.70. The third-order valence-corrected chi connectivity index (χ3v) is 7.26. The Kier molecular flexibility index (Phi) is 7.91. The van der Waals surface area contributed by atoms with E-state index in [0.29, 0.717) is 17.5 Å². The van der Waals surface area contributed by atoms with Crippen LogP contribution in [0.25, 0.3) is 0 Å². The van der Waals surface area contributed by atoms with E-state index in [4.69, 9.17) is 0 Å². The molecule has 1 aliphatic carbocycles. The van der Waals surface area contributed by atoms with Crippen molar-refractivity contribution >= 4 is 16.0 Å². The normalized spacial score (nSPS) is 21.2. The largest absolute Gasteiger partial charge is 0.355 e. The zero-order chi connectivity index (χ0) is 20.7. The monoisotopic (exact) mass is 421 g/mol. The van der Waals surface area contributed by atoms with Crippen LogP contribution in [0.5, 0.6) is 0 Å². The molecule has 2 fully saturated rings. The SMILES string of the molecule is CCC1CCCCN1CCNC(=NC)NCc1ccc(S(=O)(=O)NC2CC2)cc1. The topological polar surface area (TPSA) is 85.8 Å². The van der Waals surface area contributed by atoms with Crippen molar-refractivity contribution in [2.45, 2.75) is 69.0 Å². The van der Waals surface area contributed by atoms with Gasteiger partial charge in [-0.25, -0.2) is 13.1 Å². The average Bonchev–Trinajstić information content (AvgIpc) is 3.54. The van der Waals surface area contributed by atoms with Crippen LogP contribution in [0.4, 0.5) is 0 Å². The van der Waals surface area contributed by atoms with Crippen molar-refractivity contribution in [2.75, 3.05) is 26.7 Å². The van der Waals surface area contributed by atoms with Gasteiger partial charge in [-0.05, 0) is 56.3 Å². The minimum absolute atomic E-state index is 0.119. The number of hydrogen-bond donors (Lipinski definition) is 3. The summed E-state index contributed by atoms with van der Waals surface area (Å²) in [5.74, 6) is 0.766. The van der Waals surface area contributed by atoms with E-state index in [-0.39, 0.29) is 6.04 Å². The molecule has 0 spiro atoms. The highest BCUT2D eigenvalue weighted by Crippen LogP contribution is 2.22. The first kappa shape index (κ1) is 22.1. The van der Waals surface area contributed by atoms with E-state index in [1.165, 1.54) is 32.2 Å². The van der Waals surface area contributed by atoms with Gasteiger partial charge in [0.25, 0.3) is 0 Å². The molecule has 8 heteroatoms. The highest BCUT2D eigenvalue weighted by atomic mass is 32.2. The molecule has 2 aliphatic rings. The second kappa shape index (κ2) is 10.4. The zero-order valence-corrected chi connectivity index (χ0v) is 18.5. The van der Waals surface area contributed by atoms with Crippen molar-refractivity contribution in [3.63, 3.8) is 0 Å². The lowest BCUT2D eigenvalue weighted by atomic mass is 10.0. The van der Waals surface area contributed by atoms with Gasteiger partial charge in [0.1, 0.15) is 0 Å². The molecule has 3 N–H and O–H groups in total. The molecule has 1 atom stereocenters. The van der Waals surface area contributed by atoms with Crippen LogP contribution in [-0.2, 0) is 16.6 Å². The first-order chi connectivity index (χ1) is 14.0. The van der Waals surface area contributed by atoms with Crippen molar-refractivity contribution in [2.24, 2.45) is 4.99 Å². The molecule has 1 aromatic carbocycles. The molecular formula is C21H35N5O2S. The predicted octanol–water partition coefficient (Wildman–Crippen LogP) is 2.06. The van der Waals surface area contributed by atoms with E-state index in [2.05, 4.69) is 32.2 Å². The third kappa shape index (κ3) is 6.69. The fourth-order valence-corrected chi connectivity index (χ4v) is 5.12. The molecule has 0 radical (unpaired) electrons. The maximum Gasteiger partial charge on any atom is 0.240 e. The molecule has 1 aliphatic heterocycles. The number of nitrogens with one attached hydrogen (secondary N) is 3. The Morgan fingerprint density at radius 1 is 1.14 bits per heavy atom. The highest BCUT2D eigenvalue weighted by Gasteiger charge is 2.27. The van der Waals surface area contributed by atoms with Crippen molar-refractivity contribution in [3.05, 3.63) is 29.8 Å². The average molecular weight is 422 g/mol. The molecule has 162 valence electrons. The summed E-state index contributed by atoms with van der Waals surface area (Å²) in [4.78, 5) is 7.20. The van der Waals surface area contributed by atoms with Gasteiger partial charge >= 0.3 is 0 Å². The lowest BCUT2D eigenvalue weighted by Crippen LogP contribution is -2.45. The summed E-state index contributed by atoms with van der Waals surface area (Å²) in [6.45, 7) is 5.95. The van der Waals surface area contributed by atoms with Gasteiger partial charge in [0.2, 0.25) is 10.0 Å². The molecule has 1 saturated heterocycles.